The zero-order chi connectivity index (χ0) is 25.8. The molecule has 1 unspecified atom stereocenters. The van der Waals surface area contributed by atoms with E-state index in [-0.39, 0.29) is 11.6 Å². The highest BCUT2D eigenvalue weighted by Gasteiger charge is 2.30. The molecular weight excluding hydrogens is 460 g/mol. The molecular formula is C30H38N6O. The summed E-state index contributed by atoms with van der Waals surface area (Å²) in [6, 6.07) is 17.3. The van der Waals surface area contributed by atoms with Crippen molar-refractivity contribution in [2.45, 2.75) is 84.3 Å². The second kappa shape index (κ2) is 11.4. The van der Waals surface area contributed by atoms with Crippen LogP contribution in [0.2, 0.25) is 0 Å². The molecule has 1 aliphatic carbocycles. The van der Waals surface area contributed by atoms with E-state index in [2.05, 4.69) is 92.5 Å². The molecule has 0 saturated heterocycles. The van der Waals surface area contributed by atoms with Gasteiger partial charge >= 0.3 is 0 Å². The Morgan fingerprint density at radius 1 is 1.08 bits per heavy atom. The molecule has 1 saturated carbocycles. The Kier molecular flexibility index (Phi) is 7.79. The average Bonchev–Trinajstić information content (AvgIpc) is 3.61. The maximum atomic E-state index is 13.3. The van der Waals surface area contributed by atoms with Crippen molar-refractivity contribution >= 4 is 10.9 Å². The van der Waals surface area contributed by atoms with Gasteiger partial charge in [0.05, 0.1) is 17.6 Å². The number of nitrogens with one attached hydrogen (secondary N) is 1. The molecule has 2 heterocycles. The molecule has 194 valence electrons. The molecule has 2 aromatic heterocycles. The molecule has 7 heteroatoms. The molecule has 4 aromatic rings. The number of nitrogens with zero attached hydrogens (tertiary/aromatic N) is 5. The van der Waals surface area contributed by atoms with Crippen LogP contribution in [0.3, 0.4) is 0 Å². The molecule has 1 fully saturated rings. The number of hydrogen-bond acceptors (Lipinski definition) is 5. The van der Waals surface area contributed by atoms with E-state index < -0.39 is 0 Å². The number of aromatic amines is 1. The predicted molar refractivity (Wildman–Crippen MR) is 148 cm³/mol. The monoisotopic (exact) mass is 498 g/mol. The first-order chi connectivity index (χ1) is 18.0. The third-order valence-corrected chi connectivity index (χ3v) is 7.91. The Bertz CT molecular complexity index is 1390. The van der Waals surface area contributed by atoms with E-state index in [9.17, 15) is 4.79 Å². The van der Waals surface area contributed by atoms with Crippen LogP contribution in [0.25, 0.3) is 10.9 Å². The lowest BCUT2D eigenvalue weighted by molar-refractivity contribution is 0.163. The maximum absolute atomic E-state index is 13.3. The second-order valence-electron chi connectivity index (χ2n) is 10.5. The van der Waals surface area contributed by atoms with Crippen LogP contribution in [0.15, 0.2) is 53.3 Å². The van der Waals surface area contributed by atoms with Gasteiger partial charge < -0.3 is 4.98 Å². The van der Waals surface area contributed by atoms with Gasteiger partial charge in [0.25, 0.3) is 5.56 Å². The van der Waals surface area contributed by atoms with Crippen LogP contribution in [-0.4, -0.2) is 36.6 Å². The van der Waals surface area contributed by atoms with Gasteiger partial charge in [-0.3, -0.25) is 9.69 Å². The number of hydrogen-bond donors (Lipinski definition) is 1. The Morgan fingerprint density at radius 2 is 1.84 bits per heavy atom. The van der Waals surface area contributed by atoms with E-state index in [1.54, 1.807) is 0 Å². The molecule has 0 bridgehead atoms. The highest BCUT2D eigenvalue weighted by atomic mass is 16.1. The van der Waals surface area contributed by atoms with Crippen LogP contribution in [0.4, 0.5) is 0 Å². The van der Waals surface area contributed by atoms with Gasteiger partial charge in [0.15, 0.2) is 5.82 Å². The van der Waals surface area contributed by atoms with Crippen molar-refractivity contribution in [2.24, 2.45) is 0 Å². The van der Waals surface area contributed by atoms with E-state index >= 15 is 0 Å². The molecule has 1 aliphatic rings. The third kappa shape index (κ3) is 5.52. The molecule has 0 spiro atoms. The van der Waals surface area contributed by atoms with Crippen LogP contribution in [0.5, 0.6) is 0 Å². The fourth-order valence-electron chi connectivity index (χ4n) is 5.79. The maximum Gasteiger partial charge on any atom is 0.252 e. The lowest BCUT2D eigenvalue weighted by Crippen LogP contribution is -2.35. The Labute approximate surface area is 218 Å². The normalized spacial score (nSPS) is 15.1. The number of aromatic nitrogens is 5. The fraction of sp³-hybridized carbons (Fsp3) is 0.467. The SMILES string of the molecule is CCCC(c1nnnn1C1CCCC1)N(CCc1ccccc1)Cc1cc2c(C)ccc(C)c2[nH]c1=O. The number of tetrazole rings is 1. The lowest BCUT2D eigenvalue weighted by Gasteiger charge is -2.31. The number of H-pyrrole nitrogens is 1. The van der Waals surface area contributed by atoms with Crippen LogP contribution in [0.1, 0.15) is 85.6 Å². The Balaban J connectivity index is 1.53. The molecule has 1 atom stereocenters. The smallest absolute Gasteiger partial charge is 0.252 e. The summed E-state index contributed by atoms with van der Waals surface area (Å²) in [5.74, 6) is 0.936. The molecule has 0 aliphatic heterocycles. The zero-order valence-corrected chi connectivity index (χ0v) is 22.3. The second-order valence-corrected chi connectivity index (χ2v) is 10.5. The minimum absolute atomic E-state index is 0.0171. The summed E-state index contributed by atoms with van der Waals surface area (Å²) in [7, 11) is 0. The first-order valence-corrected chi connectivity index (χ1v) is 13.7. The van der Waals surface area contributed by atoms with Gasteiger partial charge in [-0.05, 0) is 72.7 Å². The molecule has 7 nitrogen and oxygen atoms in total. The van der Waals surface area contributed by atoms with Crippen LogP contribution < -0.4 is 5.56 Å². The molecule has 2 aromatic carbocycles. The van der Waals surface area contributed by atoms with Gasteiger partial charge in [0.2, 0.25) is 0 Å². The van der Waals surface area contributed by atoms with Crippen molar-refractivity contribution in [3.8, 4) is 0 Å². The highest BCUT2D eigenvalue weighted by Crippen LogP contribution is 2.33. The summed E-state index contributed by atoms with van der Waals surface area (Å²) in [4.78, 5) is 18.9. The minimum atomic E-state index is -0.0171. The fourth-order valence-corrected chi connectivity index (χ4v) is 5.79. The Morgan fingerprint density at radius 3 is 2.59 bits per heavy atom. The summed E-state index contributed by atoms with van der Waals surface area (Å²) in [6.45, 7) is 7.72. The minimum Gasteiger partial charge on any atom is -0.321 e. The van der Waals surface area contributed by atoms with Crippen LogP contribution in [-0.2, 0) is 13.0 Å². The molecule has 37 heavy (non-hydrogen) atoms. The topological polar surface area (TPSA) is 79.7 Å². The summed E-state index contributed by atoms with van der Waals surface area (Å²) in [5, 5.41) is 14.3. The van der Waals surface area contributed by atoms with E-state index in [0.29, 0.717) is 12.6 Å². The van der Waals surface area contributed by atoms with Crippen molar-refractivity contribution in [2.75, 3.05) is 6.54 Å². The Hall–Kier alpha value is -3.32. The summed E-state index contributed by atoms with van der Waals surface area (Å²) in [6.07, 6.45) is 7.56. The van der Waals surface area contributed by atoms with Crippen molar-refractivity contribution < 1.29 is 0 Å². The average molecular weight is 499 g/mol. The van der Waals surface area contributed by atoms with Gasteiger partial charge in [0, 0.05) is 24.0 Å². The summed E-state index contributed by atoms with van der Waals surface area (Å²) < 4.78 is 2.08. The van der Waals surface area contributed by atoms with Crippen molar-refractivity contribution in [1.82, 2.24) is 30.1 Å². The highest BCUT2D eigenvalue weighted by molar-refractivity contribution is 5.85. The standard InChI is InChI=1S/C30H38N6O/c1-4-10-27(29-32-33-34-36(29)25-13-8-9-14-25)35(18-17-23-11-6-5-7-12-23)20-24-19-26-21(2)15-16-22(3)28(26)31-30(24)37/h5-7,11-12,15-16,19,25,27H,4,8-10,13-14,17-18,20H2,1-3H3,(H,31,37). The number of aryl methyl sites for hydroxylation is 2. The number of fused-ring (bicyclic) bond motifs is 1. The van der Waals surface area contributed by atoms with E-state index in [1.807, 2.05) is 6.92 Å². The number of benzene rings is 2. The summed E-state index contributed by atoms with van der Waals surface area (Å²) >= 11 is 0. The zero-order valence-electron chi connectivity index (χ0n) is 22.3. The first kappa shape index (κ1) is 25.3. The van der Waals surface area contributed by atoms with E-state index in [1.165, 1.54) is 24.0 Å². The molecule has 5 rings (SSSR count). The van der Waals surface area contributed by atoms with Gasteiger partial charge in [-0.1, -0.05) is 68.7 Å². The van der Waals surface area contributed by atoms with Crippen molar-refractivity contribution in [3.63, 3.8) is 0 Å². The lowest BCUT2D eigenvalue weighted by atomic mass is 10.0. The molecule has 0 radical (unpaired) electrons. The van der Waals surface area contributed by atoms with Gasteiger partial charge in [-0.25, -0.2) is 4.68 Å². The largest absolute Gasteiger partial charge is 0.321 e. The van der Waals surface area contributed by atoms with Crippen molar-refractivity contribution in [3.05, 3.63) is 87.0 Å². The van der Waals surface area contributed by atoms with Gasteiger partial charge in [-0.15, -0.1) is 5.10 Å². The van der Waals surface area contributed by atoms with Crippen molar-refractivity contribution in [1.29, 1.82) is 0 Å². The summed E-state index contributed by atoms with van der Waals surface area (Å²) in [5.41, 5.74) is 5.25. The number of rotatable bonds is 10. The third-order valence-electron chi connectivity index (χ3n) is 7.91. The van der Waals surface area contributed by atoms with Gasteiger partial charge in [-0.2, -0.15) is 0 Å². The van der Waals surface area contributed by atoms with E-state index in [0.717, 1.165) is 66.5 Å². The van der Waals surface area contributed by atoms with Crippen LogP contribution in [0, 0.1) is 13.8 Å². The molecule has 0 amide bonds. The predicted octanol–water partition coefficient (Wildman–Crippen LogP) is 5.83. The van der Waals surface area contributed by atoms with Gasteiger partial charge in [0.1, 0.15) is 0 Å². The quantitative estimate of drug-likeness (QED) is 0.297. The molecule has 1 N–H and O–H groups in total. The van der Waals surface area contributed by atoms with Crippen LogP contribution >= 0.6 is 0 Å². The first-order valence-electron chi connectivity index (χ1n) is 13.7. The number of pyridine rings is 1. The van der Waals surface area contributed by atoms with E-state index in [4.69, 9.17) is 0 Å².